The van der Waals surface area contributed by atoms with Crippen LogP contribution in [0.3, 0.4) is 0 Å². The molecule has 35 heavy (non-hydrogen) atoms. The van der Waals surface area contributed by atoms with Gasteiger partial charge in [-0.05, 0) is 62.7 Å². The Kier molecular flexibility index (Phi) is 6.36. The van der Waals surface area contributed by atoms with Crippen molar-refractivity contribution in [1.29, 1.82) is 0 Å². The van der Waals surface area contributed by atoms with Crippen molar-refractivity contribution < 1.29 is 13.2 Å². The summed E-state index contributed by atoms with van der Waals surface area (Å²) in [7, 11) is -2.21. The van der Waals surface area contributed by atoms with Gasteiger partial charge in [0, 0.05) is 18.3 Å². The molecule has 1 aromatic heterocycles. The molecular formula is C26H26N4O4S. The molecule has 0 spiro atoms. The number of rotatable bonds is 6. The third-order valence-electron chi connectivity index (χ3n) is 5.84. The molecule has 1 amide bonds. The van der Waals surface area contributed by atoms with E-state index in [-0.39, 0.29) is 21.7 Å². The minimum atomic E-state index is -3.94. The molecule has 180 valence electrons. The van der Waals surface area contributed by atoms with E-state index in [4.69, 9.17) is 0 Å². The number of hydrogen-bond acceptors (Lipinski definition) is 4. The van der Waals surface area contributed by atoms with Gasteiger partial charge < -0.3 is 5.32 Å². The molecule has 2 N–H and O–H groups in total. The summed E-state index contributed by atoms with van der Waals surface area (Å²) >= 11 is 0. The first kappa shape index (κ1) is 24.0. The molecule has 0 aliphatic heterocycles. The fourth-order valence-corrected chi connectivity index (χ4v) is 5.09. The second-order valence-electron chi connectivity index (χ2n) is 8.34. The van der Waals surface area contributed by atoms with Gasteiger partial charge in [-0.15, -0.1) is 0 Å². The molecule has 8 nitrogen and oxygen atoms in total. The summed E-state index contributed by atoms with van der Waals surface area (Å²) < 4.78 is 31.8. The maximum absolute atomic E-state index is 13.1. The number of nitrogens with one attached hydrogen (secondary N) is 2. The van der Waals surface area contributed by atoms with Crippen LogP contribution >= 0.6 is 0 Å². The van der Waals surface area contributed by atoms with Crippen molar-refractivity contribution in [3.8, 4) is 5.69 Å². The number of carbonyl (C=O) groups is 1. The largest absolute Gasteiger partial charge is 0.316 e. The lowest BCUT2D eigenvalue weighted by Gasteiger charge is -2.12. The van der Waals surface area contributed by atoms with Gasteiger partial charge in [0.2, 0.25) is 0 Å². The highest BCUT2D eigenvalue weighted by Gasteiger charge is 2.22. The van der Waals surface area contributed by atoms with E-state index in [1.54, 1.807) is 68.0 Å². The molecule has 0 atom stereocenters. The van der Waals surface area contributed by atoms with Crippen molar-refractivity contribution >= 4 is 27.3 Å². The first-order valence-corrected chi connectivity index (χ1v) is 12.4. The minimum Gasteiger partial charge on any atom is -0.316 e. The monoisotopic (exact) mass is 490 g/mol. The van der Waals surface area contributed by atoms with Crippen LogP contribution in [0.15, 0.2) is 82.5 Å². The summed E-state index contributed by atoms with van der Waals surface area (Å²) in [6.07, 6.45) is 0. The van der Waals surface area contributed by atoms with E-state index in [0.29, 0.717) is 22.6 Å². The van der Waals surface area contributed by atoms with Crippen LogP contribution in [0.2, 0.25) is 0 Å². The normalized spacial score (nSPS) is 11.3. The van der Waals surface area contributed by atoms with E-state index in [2.05, 4.69) is 10.0 Å². The van der Waals surface area contributed by atoms with Crippen molar-refractivity contribution in [3.05, 3.63) is 106 Å². The van der Waals surface area contributed by atoms with Gasteiger partial charge >= 0.3 is 0 Å². The van der Waals surface area contributed by atoms with Gasteiger partial charge in [-0.2, -0.15) is 0 Å². The number of benzene rings is 3. The molecule has 0 saturated carbocycles. The number of anilines is 2. The second-order valence-corrected chi connectivity index (χ2v) is 9.99. The SMILES string of the molecule is Cc1ccc(NS(=O)(=O)c2cc(C(=O)Nc3c(C)n(C)n(-c4ccccc4)c3=O)ccc2C)cc1. The molecule has 0 aliphatic carbocycles. The van der Waals surface area contributed by atoms with Crippen LogP contribution in [-0.4, -0.2) is 23.7 Å². The smallest absolute Gasteiger partial charge is 0.295 e. The van der Waals surface area contributed by atoms with E-state index in [1.165, 1.54) is 16.8 Å². The number of aromatic nitrogens is 2. The Hall–Kier alpha value is -4.11. The van der Waals surface area contributed by atoms with Gasteiger partial charge in [0.1, 0.15) is 5.69 Å². The molecule has 4 rings (SSSR count). The standard InChI is InChI=1S/C26H26N4O4S/c1-17-10-14-21(15-11-17)28-35(33,34)23-16-20(13-12-18(23)2)25(31)27-24-19(3)29(4)30(26(24)32)22-8-6-5-7-9-22/h5-16,28H,1-4H3,(H,27,31). The van der Waals surface area contributed by atoms with Crippen LogP contribution in [-0.2, 0) is 17.1 Å². The zero-order valence-corrected chi connectivity index (χ0v) is 20.7. The van der Waals surface area contributed by atoms with Crippen molar-refractivity contribution in [1.82, 2.24) is 9.36 Å². The fraction of sp³-hybridized carbons (Fsp3) is 0.154. The van der Waals surface area contributed by atoms with Crippen molar-refractivity contribution in [3.63, 3.8) is 0 Å². The Morgan fingerprint density at radius 3 is 2.20 bits per heavy atom. The summed E-state index contributed by atoms with van der Waals surface area (Å²) in [6, 6.07) is 20.5. The van der Waals surface area contributed by atoms with Crippen LogP contribution in [0.4, 0.5) is 11.4 Å². The van der Waals surface area contributed by atoms with Gasteiger partial charge in [0.25, 0.3) is 21.5 Å². The zero-order chi connectivity index (χ0) is 25.3. The topological polar surface area (TPSA) is 102 Å². The second kappa shape index (κ2) is 9.27. The van der Waals surface area contributed by atoms with Crippen LogP contribution in [0, 0.1) is 20.8 Å². The molecule has 0 aliphatic rings. The summed E-state index contributed by atoms with van der Waals surface area (Å²) in [5.41, 5.74) is 3.01. The van der Waals surface area contributed by atoms with E-state index >= 15 is 0 Å². The molecule has 1 heterocycles. The number of carbonyl (C=O) groups excluding carboxylic acids is 1. The number of sulfonamides is 1. The number of para-hydroxylation sites is 1. The Balaban J connectivity index is 1.65. The van der Waals surface area contributed by atoms with Crippen molar-refractivity contribution in [2.45, 2.75) is 25.7 Å². The lowest BCUT2D eigenvalue weighted by molar-refractivity contribution is 0.102. The number of hydrogen-bond donors (Lipinski definition) is 2. The van der Waals surface area contributed by atoms with Gasteiger partial charge in [-0.3, -0.25) is 19.0 Å². The summed E-state index contributed by atoms with van der Waals surface area (Å²) in [5, 5.41) is 2.67. The average Bonchev–Trinajstić information content (AvgIpc) is 3.04. The summed E-state index contributed by atoms with van der Waals surface area (Å²) in [6.45, 7) is 5.30. The van der Waals surface area contributed by atoms with E-state index in [1.807, 2.05) is 25.1 Å². The summed E-state index contributed by atoms with van der Waals surface area (Å²) in [5.74, 6) is -0.581. The van der Waals surface area contributed by atoms with Crippen LogP contribution < -0.4 is 15.6 Å². The quantitative estimate of drug-likeness (QED) is 0.424. The first-order valence-electron chi connectivity index (χ1n) is 10.9. The number of aryl methyl sites for hydroxylation is 2. The van der Waals surface area contributed by atoms with Gasteiger partial charge in [0.15, 0.2) is 0 Å². The van der Waals surface area contributed by atoms with Gasteiger partial charge in [-0.25, -0.2) is 13.1 Å². The van der Waals surface area contributed by atoms with Crippen molar-refractivity contribution in [2.75, 3.05) is 10.0 Å². The van der Waals surface area contributed by atoms with Crippen LogP contribution in [0.5, 0.6) is 0 Å². The van der Waals surface area contributed by atoms with E-state index in [9.17, 15) is 18.0 Å². The minimum absolute atomic E-state index is 0.0165. The summed E-state index contributed by atoms with van der Waals surface area (Å²) in [4.78, 5) is 26.2. The van der Waals surface area contributed by atoms with Gasteiger partial charge in [0.05, 0.1) is 16.3 Å². The Labute approximate surface area is 203 Å². The van der Waals surface area contributed by atoms with Crippen LogP contribution in [0.1, 0.15) is 27.2 Å². The average molecular weight is 491 g/mol. The van der Waals surface area contributed by atoms with Crippen molar-refractivity contribution in [2.24, 2.45) is 7.05 Å². The van der Waals surface area contributed by atoms with Gasteiger partial charge in [-0.1, -0.05) is 42.0 Å². The molecule has 0 bridgehead atoms. The molecule has 0 fully saturated rings. The predicted octanol–water partition coefficient (Wildman–Crippen LogP) is 4.15. The maximum atomic E-state index is 13.1. The highest BCUT2D eigenvalue weighted by atomic mass is 32.2. The Bertz CT molecular complexity index is 1570. The van der Waals surface area contributed by atoms with E-state index < -0.39 is 15.9 Å². The molecule has 3 aromatic carbocycles. The van der Waals surface area contributed by atoms with E-state index in [0.717, 1.165) is 5.56 Å². The lowest BCUT2D eigenvalue weighted by Crippen LogP contribution is -2.23. The third kappa shape index (κ3) is 4.76. The fourth-order valence-electron chi connectivity index (χ4n) is 3.76. The number of amides is 1. The third-order valence-corrected chi connectivity index (χ3v) is 7.36. The zero-order valence-electron chi connectivity index (χ0n) is 19.9. The van der Waals surface area contributed by atoms with Crippen LogP contribution in [0.25, 0.3) is 5.69 Å². The molecule has 0 radical (unpaired) electrons. The predicted molar refractivity (Wildman–Crippen MR) is 137 cm³/mol. The molecule has 0 saturated heterocycles. The Morgan fingerprint density at radius 1 is 0.886 bits per heavy atom. The molecule has 9 heteroatoms. The molecule has 0 unspecified atom stereocenters. The lowest BCUT2D eigenvalue weighted by atomic mass is 10.1. The highest BCUT2D eigenvalue weighted by Crippen LogP contribution is 2.22. The number of nitrogens with zero attached hydrogens (tertiary/aromatic N) is 2. The maximum Gasteiger partial charge on any atom is 0.295 e. The Morgan fingerprint density at radius 2 is 1.54 bits per heavy atom. The first-order chi connectivity index (χ1) is 16.6. The molecular weight excluding hydrogens is 464 g/mol. The molecule has 4 aromatic rings. The highest BCUT2D eigenvalue weighted by molar-refractivity contribution is 7.92.